The van der Waals surface area contributed by atoms with Crippen LogP contribution in [0.15, 0.2) is 24.5 Å². The van der Waals surface area contributed by atoms with Crippen molar-refractivity contribution in [1.82, 2.24) is 20.2 Å². The second kappa shape index (κ2) is 7.60. The van der Waals surface area contributed by atoms with Crippen LogP contribution in [0.25, 0.3) is 5.69 Å². The van der Waals surface area contributed by atoms with Gasteiger partial charge < -0.3 is 5.32 Å². The van der Waals surface area contributed by atoms with Gasteiger partial charge in [0.05, 0.1) is 22.2 Å². The summed E-state index contributed by atoms with van der Waals surface area (Å²) in [5, 5.41) is 14.7. The van der Waals surface area contributed by atoms with Crippen LogP contribution in [-0.4, -0.2) is 37.1 Å². The number of nitrogens with one attached hydrogen (secondary N) is 1. The molecule has 1 amide bonds. The molecule has 0 radical (unpaired) electrons. The summed E-state index contributed by atoms with van der Waals surface area (Å²) in [6.45, 7) is 6.40. The highest BCUT2D eigenvalue weighted by molar-refractivity contribution is 8.00. The maximum Gasteiger partial charge on any atom is 0.234 e. The van der Waals surface area contributed by atoms with Crippen molar-refractivity contribution >= 4 is 35.0 Å². The molecule has 0 aliphatic rings. The van der Waals surface area contributed by atoms with Gasteiger partial charge in [-0.1, -0.05) is 32.4 Å². The number of aromatic nitrogens is 4. The smallest absolute Gasteiger partial charge is 0.234 e. The summed E-state index contributed by atoms with van der Waals surface area (Å²) >= 11 is 7.76. The van der Waals surface area contributed by atoms with E-state index in [4.69, 9.17) is 11.6 Å². The second-order valence-electron chi connectivity index (χ2n) is 5.23. The molecule has 1 aromatic heterocycles. The zero-order valence-corrected chi connectivity index (χ0v) is 14.2. The van der Waals surface area contributed by atoms with Gasteiger partial charge in [-0.15, -0.1) is 16.9 Å². The zero-order chi connectivity index (χ0) is 16.1. The number of halogens is 1. The molecule has 1 N–H and O–H groups in total. The third kappa shape index (κ3) is 4.45. The Hall–Kier alpha value is -1.60. The summed E-state index contributed by atoms with van der Waals surface area (Å²) in [7, 11) is 0. The first kappa shape index (κ1) is 16.8. The Bertz CT molecular complexity index is 632. The lowest BCUT2D eigenvalue weighted by Crippen LogP contribution is -2.18. The molecule has 1 aromatic carbocycles. The van der Waals surface area contributed by atoms with Crippen molar-refractivity contribution in [3.05, 3.63) is 29.5 Å². The molecule has 1 unspecified atom stereocenters. The predicted molar refractivity (Wildman–Crippen MR) is 89.6 cm³/mol. The largest absolute Gasteiger partial charge is 0.324 e. The van der Waals surface area contributed by atoms with E-state index >= 15 is 0 Å². The predicted octanol–water partition coefficient (Wildman–Crippen LogP) is 3.03. The summed E-state index contributed by atoms with van der Waals surface area (Å²) in [5.41, 5.74) is 1.28. The lowest BCUT2D eigenvalue weighted by Gasteiger charge is -2.15. The van der Waals surface area contributed by atoms with Crippen LogP contribution in [0.1, 0.15) is 20.8 Å². The molecule has 0 saturated carbocycles. The molecule has 8 heteroatoms. The lowest BCUT2D eigenvalue weighted by atomic mass is 10.2. The van der Waals surface area contributed by atoms with Gasteiger partial charge in [0.15, 0.2) is 0 Å². The number of anilines is 1. The number of thioether (sulfide) groups is 1. The monoisotopic (exact) mass is 339 g/mol. The van der Waals surface area contributed by atoms with E-state index in [9.17, 15) is 4.79 Å². The Kier molecular flexibility index (Phi) is 5.79. The molecule has 0 spiro atoms. The summed E-state index contributed by atoms with van der Waals surface area (Å²) in [5.74, 6) is 0.850. The number of nitrogens with zero attached hydrogens (tertiary/aromatic N) is 4. The molecule has 22 heavy (non-hydrogen) atoms. The third-order valence-electron chi connectivity index (χ3n) is 3.25. The van der Waals surface area contributed by atoms with Gasteiger partial charge in [0.1, 0.15) is 6.33 Å². The Morgan fingerprint density at radius 3 is 2.82 bits per heavy atom. The van der Waals surface area contributed by atoms with E-state index in [1.807, 2.05) is 0 Å². The van der Waals surface area contributed by atoms with Crippen molar-refractivity contribution < 1.29 is 4.79 Å². The van der Waals surface area contributed by atoms with Gasteiger partial charge in [0.2, 0.25) is 5.91 Å². The summed E-state index contributed by atoms with van der Waals surface area (Å²) in [6.07, 6.45) is 1.48. The zero-order valence-electron chi connectivity index (χ0n) is 12.7. The van der Waals surface area contributed by atoms with Crippen LogP contribution >= 0.6 is 23.4 Å². The topological polar surface area (TPSA) is 72.7 Å². The Labute approximate surface area is 138 Å². The quantitative estimate of drug-likeness (QED) is 0.875. The van der Waals surface area contributed by atoms with Crippen molar-refractivity contribution in [3.8, 4) is 5.69 Å². The van der Waals surface area contributed by atoms with E-state index in [1.165, 1.54) is 11.0 Å². The number of amides is 1. The minimum atomic E-state index is -0.0757. The number of hydrogen-bond donors (Lipinski definition) is 1. The molecule has 0 fully saturated rings. The number of rotatable bonds is 6. The van der Waals surface area contributed by atoms with Gasteiger partial charge in [-0.05, 0) is 34.5 Å². The van der Waals surface area contributed by atoms with Gasteiger partial charge in [-0.3, -0.25) is 4.79 Å². The number of carbonyl (C=O) groups excluding carboxylic acids is 1. The summed E-state index contributed by atoms with van der Waals surface area (Å²) in [4.78, 5) is 12.1. The average Bonchev–Trinajstić information content (AvgIpc) is 3.01. The highest BCUT2D eigenvalue weighted by atomic mass is 35.5. The SMILES string of the molecule is CC(C)C(C)SCC(=O)Nc1cc(-n2cnnn2)ccc1Cl. The first-order valence-electron chi connectivity index (χ1n) is 6.91. The van der Waals surface area contributed by atoms with Gasteiger partial charge in [0, 0.05) is 5.25 Å². The van der Waals surface area contributed by atoms with Crippen LogP contribution in [0.5, 0.6) is 0 Å². The number of tetrazole rings is 1. The normalized spacial score (nSPS) is 12.4. The van der Waals surface area contributed by atoms with Crippen LogP contribution in [0.4, 0.5) is 5.69 Å². The van der Waals surface area contributed by atoms with E-state index in [1.54, 1.807) is 30.0 Å². The van der Waals surface area contributed by atoms with Crippen molar-refractivity contribution in [3.63, 3.8) is 0 Å². The van der Waals surface area contributed by atoms with Crippen molar-refractivity contribution in [2.75, 3.05) is 11.1 Å². The van der Waals surface area contributed by atoms with E-state index in [0.29, 0.717) is 27.6 Å². The lowest BCUT2D eigenvalue weighted by molar-refractivity contribution is -0.113. The Morgan fingerprint density at radius 2 is 2.18 bits per heavy atom. The first-order valence-corrected chi connectivity index (χ1v) is 8.34. The van der Waals surface area contributed by atoms with E-state index < -0.39 is 0 Å². The Balaban J connectivity index is 2.03. The fourth-order valence-electron chi connectivity index (χ4n) is 1.62. The summed E-state index contributed by atoms with van der Waals surface area (Å²) in [6, 6.07) is 5.23. The third-order valence-corrected chi connectivity index (χ3v) is 5.08. The second-order valence-corrected chi connectivity index (χ2v) is 7.00. The fraction of sp³-hybridized carbons (Fsp3) is 0.429. The average molecular weight is 340 g/mol. The van der Waals surface area contributed by atoms with E-state index in [0.717, 1.165) is 5.69 Å². The van der Waals surface area contributed by atoms with E-state index in [-0.39, 0.29) is 5.91 Å². The summed E-state index contributed by atoms with van der Waals surface area (Å²) < 4.78 is 1.50. The minimum absolute atomic E-state index is 0.0757. The maximum absolute atomic E-state index is 12.1. The van der Waals surface area contributed by atoms with E-state index in [2.05, 4.69) is 41.6 Å². The molecule has 2 aromatic rings. The first-order chi connectivity index (χ1) is 10.5. The molecule has 0 saturated heterocycles. The molecular weight excluding hydrogens is 322 g/mol. The van der Waals surface area contributed by atoms with Crippen LogP contribution in [-0.2, 0) is 4.79 Å². The van der Waals surface area contributed by atoms with Crippen molar-refractivity contribution in [2.45, 2.75) is 26.0 Å². The van der Waals surface area contributed by atoms with Crippen molar-refractivity contribution in [1.29, 1.82) is 0 Å². The van der Waals surface area contributed by atoms with Gasteiger partial charge in [0.25, 0.3) is 0 Å². The standard InChI is InChI=1S/C14H18ClN5OS/c1-9(2)10(3)22-7-14(21)17-13-6-11(4-5-12(13)15)20-8-16-18-19-20/h4-6,8-10H,7H2,1-3H3,(H,17,21). The molecule has 1 atom stereocenters. The minimum Gasteiger partial charge on any atom is -0.324 e. The molecule has 118 valence electrons. The fourth-order valence-corrected chi connectivity index (χ4v) is 2.65. The van der Waals surface area contributed by atoms with Gasteiger partial charge in [-0.2, -0.15) is 0 Å². The molecule has 2 rings (SSSR count). The number of benzene rings is 1. The molecule has 6 nitrogen and oxygen atoms in total. The van der Waals surface area contributed by atoms with Gasteiger partial charge in [-0.25, -0.2) is 4.68 Å². The molecule has 0 bridgehead atoms. The molecule has 1 heterocycles. The van der Waals surface area contributed by atoms with Crippen LogP contribution in [0.3, 0.4) is 0 Å². The van der Waals surface area contributed by atoms with Crippen LogP contribution in [0, 0.1) is 5.92 Å². The highest BCUT2D eigenvalue weighted by Gasteiger charge is 2.12. The molecule has 0 aliphatic carbocycles. The highest BCUT2D eigenvalue weighted by Crippen LogP contribution is 2.25. The van der Waals surface area contributed by atoms with Crippen LogP contribution < -0.4 is 5.32 Å². The van der Waals surface area contributed by atoms with Crippen molar-refractivity contribution in [2.24, 2.45) is 5.92 Å². The van der Waals surface area contributed by atoms with Gasteiger partial charge >= 0.3 is 0 Å². The Morgan fingerprint density at radius 1 is 1.41 bits per heavy atom. The number of hydrogen-bond acceptors (Lipinski definition) is 5. The van der Waals surface area contributed by atoms with Crippen LogP contribution in [0.2, 0.25) is 5.02 Å². The maximum atomic E-state index is 12.1. The molecule has 0 aliphatic heterocycles. The molecular formula is C14H18ClN5OS. The number of carbonyl (C=O) groups is 1.